The van der Waals surface area contributed by atoms with Gasteiger partial charge in [-0.05, 0) is 39.2 Å². The van der Waals surface area contributed by atoms with Crippen molar-refractivity contribution < 1.29 is 19.1 Å². The van der Waals surface area contributed by atoms with E-state index in [9.17, 15) is 9.59 Å². The normalized spacial score (nSPS) is 19.7. The van der Waals surface area contributed by atoms with E-state index in [-0.39, 0.29) is 12.1 Å². The number of nitrogens with zero attached hydrogens (tertiary/aromatic N) is 2. The van der Waals surface area contributed by atoms with E-state index in [4.69, 9.17) is 9.47 Å². The van der Waals surface area contributed by atoms with Crippen molar-refractivity contribution in [3.05, 3.63) is 35.9 Å². The Labute approximate surface area is 155 Å². The van der Waals surface area contributed by atoms with E-state index in [1.807, 2.05) is 51.1 Å². The van der Waals surface area contributed by atoms with Gasteiger partial charge in [-0.15, -0.1) is 0 Å². The van der Waals surface area contributed by atoms with Gasteiger partial charge in [0, 0.05) is 26.2 Å². The maximum atomic E-state index is 12.6. The predicted molar refractivity (Wildman–Crippen MR) is 97.6 cm³/mol. The zero-order valence-corrected chi connectivity index (χ0v) is 15.9. The van der Waals surface area contributed by atoms with Crippen molar-refractivity contribution >= 4 is 12.1 Å². The van der Waals surface area contributed by atoms with Crippen LogP contribution in [0.3, 0.4) is 0 Å². The van der Waals surface area contributed by atoms with Crippen LogP contribution in [0.1, 0.15) is 39.2 Å². The lowest BCUT2D eigenvalue weighted by Crippen LogP contribution is -2.56. The van der Waals surface area contributed by atoms with Crippen molar-refractivity contribution in [2.24, 2.45) is 0 Å². The average molecular weight is 360 g/mol. The Morgan fingerprint density at radius 3 is 2.19 bits per heavy atom. The summed E-state index contributed by atoms with van der Waals surface area (Å²) >= 11 is 0. The molecule has 6 nitrogen and oxygen atoms in total. The van der Waals surface area contributed by atoms with Crippen LogP contribution in [0.4, 0.5) is 4.79 Å². The number of hydrogen-bond donors (Lipinski definition) is 0. The minimum absolute atomic E-state index is 0.146. The molecular weight excluding hydrogens is 332 g/mol. The highest BCUT2D eigenvalue weighted by Gasteiger charge is 2.56. The molecule has 1 aromatic carbocycles. The maximum Gasteiger partial charge on any atom is 0.410 e. The van der Waals surface area contributed by atoms with Crippen LogP contribution < -0.4 is 0 Å². The molecule has 0 radical (unpaired) electrons. The molecule has 26 heavy (non-hydrogen) atoms. The minimum Gasteiger partial charge on any atom is -0.459 e. The fourth-order valence-electron chi connectivity index (χ4n) is 3.27. The second kappa shape index (κ2) is 7.27. The third-order valence-electron chi connectivity index (χ3n) is 4.85. The lowest BCUT2D eigenvalue weighted by molar-refractivity contribution is -0.154. The van der Waals surface area contributed by atoms with E-state index >= 15 is 0 Å². The molecule has 0 unspecified atom stereocenters. The molecule has 3 rings (SSSR count). The Morgan fingerprint density at radius 1 is 1.04 bits per heavy atom. The summed E-state index contributed by atoms with van der Waals surface area (Å²) in [6.07, 6.45) is 1.37. The summed E-state index contributed by atoms with van der Waals surface area (Å²) in [5, 5.41) is 0. The lowest BCUT2D eigenvalue weighted by Gasteiger charge is -2.38. The second-order valence-electron chi connectivity index (χ2n) is 8.05. The number of ether oxygens (including phenoxy) is 2. The number of benzene rings is 1. The quantitative estimate of drug-likeness (QED) is 0.773. The van der Waals surface area contributed by atoms with Crippen molar-refractivity contribution in [2.75, 3.05) is 26.2 Å². The molecule has 1 saturated carbocycles. The van der Waals surface area contributed by atoms with Crippen molar-refractivity contribution in [1.29, 1.82) is 0 Å². The van der Waals surface area contributed by atoms with E-state index < -0.39 is 11.1 Å². The highest BCUT2D eigenvalue weighted by atomic mass is 16.6. The summed E-state index contributed by atoms with van der Waals surface area (Å²) in [6.45, 7) is 8.37. The summed E-state index contributed by atoms with van der Waals surface area (Å²) in [5.74, 6) is -0.146. The fourth-order valence-corrected chi connectivity index (χ4v) is 3.27. The molecule has 0 atom stereocenters. The molecule has 6 heteroatoms. The number of carbonyl (C=O) groups excluding carboxylic acids is 2. The van der Waals surface area contributed by atoms with Crippen molar-refractivity contribution in [1.82, 2.24) is 9.80 Å². The molecule has 142 valence electrons. The van der Waals surface area contributed by atoms with Crippen LogP contribution in [0, 0.1) is 0 Å². The molecule has 0 N–H and O–H groups in total. The van der Waals surface area contributed by atoms with Gasteiger partial charge in [0.05, 0.1) is 0 Å². The molecule has 0 spiro atoms. The second-order valence-corrected chi connectivity index (χ2v) is 8.05. The zero-order valence-electron chi connectivity index (χ0n) is 15.9. The van der Waals surface area contributed by atoms with Gasteiger partial charge < -0.3 is 14.4 Å². The average Bonchev–Trinajstić information content (AvgIpc) is 3.41. The third kappa shape index (κ3) is 4.36. The van der Waals surface area contributed by atoms with Crippen LogP contribution in [0.25, 0.3) is 0 Å². The summed E-state index contributed by atoms with van der Waals surface area (Å²) < 4.78 is 11.0. The predicted octanol–water partition coefficient (Wildman–Crippen LogP) is 2.82. The van der Waals surface area contributed by atoms with E-state index in [0.717, 1.165) is 18.4 Å². The molecule has 1 heterocycles. The van der Waals surface area contributed by atoms with Crippen LogP contribution in [0.2, 0.25) is 0 Å². The minimum atomic E-state index is -0.493. The Morgan fingerprint density at radius 2 is 1.65 bits per heavy atom. The lowest BCUT2D eigenvalue weighted by atomic mass is 10.1. The summed E-state index contributed by atoms with van der Waals surface area (Å²) in [7, 11) is 0. The summed E-state index contributed by atoms with van der Waals surface area (Å²) in [5.41, 5.74) is 0.00788. The molecule has 2 aliphatic rings. The number of carbonyl (C=O) groups is 2. The molecule has 0 aromatic heterocycles. The first kappa shape index (κ1) is 18.7. The van der Waals surface area contributed by atoms with Crippen molar-refractivity contribution in [2.45, 2.75) is 51.4 Å². The van der Waals surface area contributed by atoms with Gasteiger partial charge in [0.1, 0.15) is 17.7 Å². The monoisotopic (exact) mass is 360 g/mol. The van der Waals surface area contributed by atoms with Crippen molar-refractivity contribution in [3.63, 3.8) is 0 Å². The largest absolute Gasteiger partial charge is 0.459 e. The topological polar surface area (TPSA) is 59.1 Å². The van der Waals surface area contributed by atoms with Crippen molar-refractivity contribution in [3.8, 4) is 0 Å². The van der Waals surface area contributed by atoms with Crippen LogP contribution in [-0.4, -0.2) is 59.2 Å². The summed E-state index contributed by atoms with van der Waals surface area (Å²) in [4.78, 5) is 28.7. The molecule has 1 aromatic rings. The number of rotatable bonds is 4. The van der Waals surface area contributed by atoms with Crippen LogP contribution in [-0.2, 0) is 20.9 Å². The van der Waals surface area contributed by atoms with E-state index in [1.54, 1.807) is 4.90 Å². The van der Waals surface area contributed by atoms with Crippen LogP contribution in [0.15, 0.2) is 30.3 Å². The number of piperazine rings is 1. The Bertz CT molecular complexity index is 642. The Kier molecular flexibility index (Phi) is 5.23. The van der Waals surface area contributed by atoms with Gasteiger partial charge in [0.2, 0.25) is 0 Å². The van der Waals surface area contributed by atoms with Gasteiger partial charge in [-0.3, -0.25) is 9.69 Å². The number of amides is 1. The standard InChI is InChI=1S/C20H28N2O4/c1-19(2,3)26-18(24)21-11-13-22(14-12-21)20(9-10-20)17(23)25-15-16-7-5-4-6-8-16/h4-8H,9-15H2,1-3H3. The third-order valence-corrected chi connectivity index (χ3v) is 4.85. The van der Waals surface area contributed by atoms with Gasteiger partial charge in [-0.2, -0.15) is 0 Å². The van der Waals surface area contributed by atoms with Gasteiger partial charge >= 0.3 is 12.1 Å². The number of hydrogen-bond acceptors (Lipinski definition) is 5. The first-order chi connectivity index (χ1) is 12.3. The van der Waals surface area contributed by atoms with E-state index in [0.29, 0.717) is 32.8 Å². The van der Waals surface area contributed by atoms with Crippen LogP contribution in [0.5, 0.6) is 0 Å². The molecule has 0 bridgehead atoms. The molecule has 2 fully saturated rings. The van der Waals surface area contributed by atoms with Gasteiger partial charge in [0.25, 0.3) is 0 Å². The summed E-state index contributed by atoms with van der Waals surface area (Å²) in [6, 6.07) is 9.72. The highest BCUT2D eigenvalue weighted by Crippen LogP contribution is 2.43. The van der Waals surface area contributed by atoms with E-state index in [2.05, 4.69) is 4.90 Å². The fraction of sp³-hybridized carbons (Fsp3) is 0.600. The molecular formula is C20H28N2O4. The van der Waals surface area contributed by atoms with Crippen LogP contribution >= 0.6 is 0 Å². The molecule has 1 amide bonds. The highest BCUT2D eigenvalue weighted by molar-refractivity contribution is 5.84. The number of esters is 1. The van der Waals surface area contributed by atoms with Gasteiger partial charge in [-0.1, -0.05) is 30.3 Å². The molecule has 1 aliphatic heterocycles. The first-order valence-electron chi connectivity index (χ1n) is 9.24. The van der Waals surface area contributed by atoms with Gasteiger partial charge in [-0.25, -0.2) is 4.79 Å². The Balaban J connectivity index is 1.50. The maximum absolute atomic E-state index is 12.6. The first-order valence-corrected chi connectivity index (χ1v) is 9.24. The van der Waals surface area contributed by atoms with Gasteiger partial charge in [0.15, 0.2) is 0 Å². The molecule has 1 aliphatic carbocycles. The zero-order chi connectivity index (χ0) is 18.8. The molecule has 1 saturated heterocycles. The smallest absolute Gasteiger partial charge is 0.410 e. The SMILES string of the molecule is CC(C)(C)OC(=O)N1CCN(C2(C(=O)OCc3ccccc3)CC2)CC1. The van der Waals surface area contributed by atoms with E-state index in [1.165, 1.54) is 0 Å². The Hall–Kier alpha value is -2.08.